The van der Waals surface area contributed by atoms with Gasteiger partial charge < -0.3 is 14.6 Å². The zero-order valence-corrected chi connectivity index (χ0v) is 28.6. The van der Waals surface area contributed by atoms with Gasteiger partial charge in [0.2, 0.25) is 15.2 Å². The van der Waals surface area contributed by atoms with Crippen molar-refractivity contribution in [2.45, 2.75) is 48.1 Å². The number of nitrogens with zero attached hydrogens (tertiary/aromatic N) is 4. The molecule has 1 aromatic heterocycles. The van der Waals surface area contributed by atoms with Crippen molar-refractivity contribution < 1.29 is 23.0 Å². The second kappa shape index (κ2) is 15.5. The highest BCUT2D eigenvalue weighted by molar-refractivity contribution is 7.99. The number of sulfonamides is 1. The third-order valence-corrected chi connectivity index (χ3v) is 10.9. The Hall–Kier alpha value is -4.69. The first-order valence-electron chi connectivity index (χ1n) is 16.2. The van der Waals surface area contributed by atoms with Crippen LogP contribution >= 0.6 is 11.8 Å². The summed E-state index contributed by atoms with van der Waals surface area (Å²) in [6, 6.07) is 41.8. The SMILES string of the molecule is O=S(=O)(NCc1cccc(-c2ccc([C@@H]3O[C@H](CSc4nnnn4-c4ccccc4)C[C@H](c4ccc(CO)cc4)O3)cc2)c1)c1ccccc1. The molecule has 5 aromatic carbocycles. The van der Waals surface area contributed by atoms with Crippen molar-refractivity contribution in [1.29, 1.82) is 0 Å². The fraction of sp³-hybridized carbons (Fsp3) is 0.184. The van der Waals surface area contributed by atoms with E-state index in [1.54, 1.807) is 35.0 Å². The summed E-state index contributed by atoms with van der Waals surface area (Å²) in [6.45, 7) is 0.149. The second-order valence-electron chi connectivity index (χ2n) is 11.8. The summed E-state index contributed by atoms with van der Waals surface area (Å²) < 4.78 is 43.0. The minimum absolute atomic E-state index is 0.0223. The Balaban J connectivity index is 1.07. The lowest BCUT2D eigenvalue weighted by atomic mass is 9.99. The summed E-state index contributed by atoms with van der Waals surface area (Å²) in [4.78, 5) is 0.233. The van der Waals surface area contributed by atoms with Crippen LogP contribution in [0.25, 0.3) is 16.8 Å². The normalized spacial score (nSPS) is 17.8. The van der Waals surface area contributed by atoms with Crippen molar-refractivity contribution in [3.63, 3.8) is 0 Å². The van der Waals surface area contributed by atoms with Gasteiger partial charge in [-0.3, -0.25) is 0 Å². The van der Waals surface area contributed by atoms with Crippen LogP contribution in [-0.4, -0.2) is 45.6 Å². The van der Waals surface area contributed by atoms with Crippen LogP contribution in [0.1, 0.15) is 41.1 Å². The van der Waals surface area contributed by atoms with Crippen molar-refractivity contribution in [2.75, 3.05) is 5.75 Å². The summed E-state index contributed by atoms with van der Waals surface area (Å²) in [5.41, 5.74) is 6.40. The lowest BCUT2D eigenvalue weighted by molar-refractivity contribution is -0.245. The number of rotatable bonds is 12. The Morgan fingerprint density at radius 2 is 1.50 bits per heavy atom. The van der Waals surface area contributed by atoms with Gasteiger partial charge >= 0.3 is 0 Å². The molecular weight excluding hydrogens is 671 g/mol. The first kappa shape index (κ1) is 33.8. The van der Waals surface area contributed by atoms with Crippen LogP contribution in [0.4, 0.5) is 0 Å². The monoisotopic (exact) mass is 705 g/mol. The molecule has 1 aliphatic heterocycles. The molecule has 1 aliphatic rings. The molecule has 0 spiro atoms. The predicted octanol–water partition coefficient (Wildman–Crippen LogP) is 6.64. The molecule has 10 nitrogen and oxygen atoms in total. The Labute approximate surface area is 295 Å². The van der Waals surface area contributed by atoms with E-state index in [0.29, 0.717) is 17.3 Å². The van der Waals surface area contributed by atoms with Crippen molar-refractivity contribution in [3.8, 4) is 16.8 Å². The number of hydrogen-bond acceptors (Lipinski definition) is 9. The van der Waals surface area contributed by atoms with E-state index >= 15 is 0 Å². The zero-order chi connectivity index (χ0) is 34.3. The molecule has 6 aromatic rings. The summed E-state index contributed by atoms with van der Waals surface area (Å²) in [5.74, 6) is 0.608. The molecule has 7 rings (SSSR count). The van der Waals surface area contributed by atoms with Gasteiger partial charge in [0, 0.05) is 24.3 Å². The molecule has 50 heavy (non-hydrogen) atoms. The smallest absolute Gasteiger partial charge is 0.240 e. The summed E-state index contributed by atoms with van der Waals surface area (Å²) in [7, 11) is -3.62. The second-order valence-corrected chi connectivity index (χ2v) is 14.6. The molecule has 0 amide bonds. The van der Waals surface area contributed by atoms with Crippen molar-refractivity contribution in [3.05, 3.63) is 156 Å². The third-order valence-electron chi connectivity index (χ3n) is 8.42. The minimum atomic E-state index is -3.62. The maximum atomic E-state index is 12.7. The van der Waals surface area contributed by atoms with Gasteiger partial charge in [-0.05, 0) is 68.6 Å². The van der Waals surface area contributed by atoms with E-state index in [4.69, 9.17) is 9.47 Å². The average molecular weight is 706 g/mol. The quantitative estimate of drug-likeness (QED) is 0.135. The lowest BCUT2D eigenvalue weighted by Gasteiger charge is -2.36. The number of para-hydroxylation sites is 1. The molecule has 0 aliphatic carbocycles. The van der Waals surface area contributed by atoms with E-state index in [9.17, 15) is 13.5 Å². The van der Waals surface area contributed by atoms with Gasteiger partial charge in [-0.2, -0.15) is 4.68 Å². The molecule has 254 valence electrons. The van der Waals surface area contributed by atoms with Gasteiger partial charge in [0.25, 0.3) is 0 Å². The molecule has 0 saturated carbocycles. The predicted molar refractivity (Wildman–Crippen MR) is 191 cm³/mol. The molecule has 12 heteroatoms. The number of thioether (sulfide) groups is 1. The molecule has 1 saturated heterocycles. The highest BCUT2D eigenvalue weighted by Gasteiger charge is 2.32. The van der Waals surface area contributed by atoms with Gasteiger partial charge in [-0.1, -0.05) is 115 Å². The molecule has 0 bridgehead atoms. The van der Waals surface area contributed by atoms with E-state index in [1.165, 1.54) is 11.8 Å². The van der Waals surface area contributed by atoms with Crippen LogP contribution < -0.4 is 4.72 Å². The van der Waals surface area contributed by atoms with Gasteiger partial charge in [-0.15, -0.1) is 5.10 Å². The third kappa shape index (κ3) is 8.02. The van der Waals surface area contributed by atoms with Gasteiger partial charge in [-0.25, -0.2) is 13.1 Å². The average Bonchev–Trinajstić information content (AvgIpc) is 3.66. The molecule has 0 radical (unpaired) electrons. The fourth-order valence-corrected chi connectivity index (χ4v) is 7.69. The van der Waals surface area contributed by atoms with E-state index in [1.807, 2.05) is 103 Å². The van der Waals surface area contributed by atoms with Crippen LogP contribution in [0.15, 0.2) is 144 Å². The summed E-state index contributed by atoms with van der Waals surface area (Å²) >= 11 is 1.53. The molecule has 1 fully saturated rings. The first-order valence-corrected chi connectivity index (χ1v) is 18.6. The number of tetrazole rings is 1. The number of aliphatic hydroxyl groups is 1. The molecule has 0 unspecified atom stereocenters. The standard InChI is InChI=1S/C38H35N5O5S2/c44-25-27-14-16-30(17-15-27)36-23-34(26-49-38-40-41-42-43(38)33-10-3-1-4-11-33)47-37(48-36)31-20-18-29(19-21-31)32-9-7-8-28(22-32)24-39-50(45,46)35-12-5-2-6-13-35/h1-22,34,36-37,39,44H,23-26H2/t34-,36+,37+/m0/s1. The number of hydrogen-bond donors (Lipinski definition) is 2. The number of aliphatic hydroxyl groups excluding tert-OH is 1. The minimum Gasteiger partial charge on any atom is -0.392 e. The van der Waals surface area contributed by atoms with E-state index < -0.39 is 16.3 Å². The van der Waals surface area contributed by atoms with Crippen LogP contribution in [-0.2, 0) is 32.6 Å². The van der Waals surface area contributed by atoms with Gasteiger partial charge in [0.05, 0.1) is 29.4 Å². The highest BCUT2D eigenvalue weighted by atomic mass is 32.2. The van der Waals surface area contributed by atoms with E-state index in [2.05, 4.69) is 20.2 Å². The maximum Gasteiger partial charge on any atom is 0.240 e. The first-order chi connectivity index (χ1) is 24.4. The number of ether oxygens (including phenoxy) is 2. The number of benzene rings is 5. The largest absolute Gasteiger partial charge is 0.392 e. The fourth-order valence-electron chi connectivity index (χ4n) is 5.75. The summed E-state index contributed by atoms with van der Waals surface area (Å²) in [6.07, 6.45) is -0.380. The van der Waals surface area contributed by atoms with Crippen LogP contribution in [0.5, 0.6) is 0 Å². The van der Waals surface area contributed by atoms with Crippen molar-refractivity contribution in [2.24, 2.45) is 0 Å². The van der Waals surface area contributed by atoms with Crippen LogP contribution in [0.2, 0.25) is 0 Å². The van der Waals surface area contributed by atoms with Crippen molar-refractivity contribution >= 4 is 21.8 Å². The van der Waals surface area contributed by atoms with E-state index in [-0.39, 0.29) is 30.3 Å². The maximum absolute atomic E-state index is 12.7. The highest BCUT2D eigenvalue weighted by Crippen LogP contribution is 2.40. The summed E-state index contributed by atoms with van der Waals surface area (Å²) in [5, 5.41) is 22.6. The Morgan fingerprint density at radius 3 is 2.24 bits per heavy atom. The van der Waals surface area contributed by atoms with E-state index in [0.717, 1.165) is 39.1 Å². The van der Waals surface area contributed by atoms with Gasteiger partial charge in [0.15, 0.2) is 6.29 Å². The number of aromatic nitrogens is 4. The molecular formula is C38H35N5O5S2. The Bertz CT molecular complexity index is 2110. The van der Waals surface area contributed by atoms with Crippen molar-refractivity contribution in [1.82, 2.24) is 24.9 Å². The molecule has 2 N–H and O–H groups in total. The van der Waals surface area contributed by atoms with Crippen LogP contribution in [0.3, 0.4) is 0 Å². The zero-order valence-electron chi connectivity index (χ0n) is 26.9. The molecule has 2 heterocycles. The van der Waals surface area contributed by atoms with Crippen LogP contribution in [0, 0.1) is 0 Å². The topological polar surface area (TPSA) is 128 Å². The Morgan fingerprint density at radius 1 is 0.780 bits per heavy atom. The Kier molecular flexibility index (Phi) is 10.5. The molecule has 3 atom stereocenters. The van der Waals surface area contributed by atoms with Gasteiger partial charge in [0.1, 0.15) is 0 Å². The number of nitrogens with one attached hydrogen (secondary N) is 1. The lowest BCUT2D eigenvalue weighted by Crippen LogP contribution is -2.31.